The summed E-state index contributed by atoms with van der Waals surface area (Å²) in [7, 11) is 1.87. The number of cyclic esters (lactones) is 1. The maximum absolute atomic E-state index is 14.5. The fraction of sp³-hybridized carbons (Fsp3) is 0.816. The maximum atomic E-state index is 14.5. The summed E-state index contributed by atoms with van der Waals surface area (Å²) in [5, 5.41) is 68.0. The van der Waals surface area contributed by atoms with Crippen molar-refractivity contribution in [2.45, 2.75) is 203 Å². The maximum Gasteiger partial charge on any atom is 0.311 e. The normalized spacial score (nSPS) is 40.1. The van der Waals surface area contributed by atoms with Gasteiger partial charge in [-0.05, 0) is 112 Å². The van der Waals surface area contributed by atoms with Crippen molar-refractivity contribution in [3.63, 3.8) is 0 Å². The van der Waals surface area contributed by atoms with Crippen molar-refractivity contribution >= 4 is 15.8 Å². The van der Waals surface area contributed by atoms with Crippen LogP contribution in [0.25, 0.3) is 0 Å². The molecule has 400 valence electrons. The topological polar surface area (TPSA) is 254 Å². The van der Waals surface area contributed by atoms with Crippen LogP contribution in [0.4, 0.5) is 0 Å². The minimum absolute atomic E-state index is 0.0880. The zero-order valence-corrected chi connectivity index (χ0v) is 44.5. The van der Waals surface area contributed by atoms with Crippen LogP contribution in [0.5, 0.6) is 5.75 Å². The summed E-state index contributed by atoms with van der Waals surface area (Å²) in [6.45, 7) is 18.8. The lowest BCUT2D eigenvalue weighted by molar-refractivity contribution is -0.318. The van der Waals surface area contributed by atoms with Gasteiger partial charge in [-0.3, -0.25) is 14.4 Å². The summed E-state index contributed by atoms with van der Waals surface area (Å²) >= 11 is 0. The molecule has 20 nitrogen and oxygen atoms in total. The van der Waals surface area contributed by atoms with E-state index in [1.165, 1.54) is 26.2 Å². The number of rotatable bonds is 14. The standard InChI is InChI=1S/C49H83N5O15S/c1-15-38-49(10,60)42(56)32(6)53(12)25-28(2)23-47(8,59)44(30(4)41(31(5)45(58)67-38)68-39-24-48(9,63-13)43(57)33(7)66-39)69-46-40(55)37(22-29(3)65-46)52(11)20-21-54-26-34(50-51-54)27-64-35-16-18-36(19-17-35)70(14,61)62/h16-19,26,28-33,37-44,46,55-57,59-60H,15,20-25,27H2,1-14H3/t28-,29-,30+,31-,32-,33+,37+,38-,39+,40-,41+,42-,43+,44-,46+,47-,48-,49-/m1/s1. The smallest absolute Gasteiger partial charge is 0.311 e. The monoisotopic (exact) mass is 1010 g/mol. The van der Waals surface area contributed by atoms with Crippen molar-refractivity contribution in [2.75, 3.05) is 40.6 Å². The van der Waals surface area contributed by atoms with E-state index in [1.54, 1.807) is 71.5 Å². The average molecular weight is 1010 g/mol. The molecule has 3 aliphatic heterocycles. The number of benzene rings is 1. The van der Waals surface area contributed by atoms with E-state index in [9.17, 15) is 38.7 Å². The van der Waals surface area contributed by atoms with Gasteiger partial charge in [0, 0.05) is 50.9 Å². The van der Waals surface area contributed by atoms with Crippen LogP contribution in [0.15, 0.2) is 35.4 Å². The molecule has 3 saturated heterocycles. The Labute approximate surface area is 414 Å². The lowest BCUT2D eigenvalue weighted by atomic mass is 9.77. The predicted molar refractivity (Wildman–Crippen MR) is 257 cm³/mol. The van der Waals surface area contributed by atoms with Gasteiger partial charge in [0.05, 0.1) is 59.2 Å². The highest BCUT2D eigenvalue weighted by Gasteiger charge is 2.53. The van der Waals surface area contributed by atoms with E-state index in [1.807, 2.05) is 37.7 Å². The second-order valence-corrected chi connectivity index (χ2v) is 23.2. The van der Waals surface area contributed by atoms with Crippen LogP contribution in [0.3, 0.4) is 0 Å². The van der Waals surface area contributed by atoms with E-state index in [2.05, 4.69) is 10.3 Å². The first-order valence-electron chi connectivity index (χ1n) is 24.6. The molecule has 0 spiro atoms. The van der Waals surface area contributed by atoms with Gasteiger partial charge in [-0.25, -0.2) is 8.42 Å². The van der Waals surface area contributed by atoms with Crippen LogP contribution in [0.1, 0.15) is 101 Å². The Morgan fingerprint density at radius 1 is 0.957 bits per heavy atom. The third-order valence-corrected chi connectivity index (χ3v) is 16.1. The van der Waals surface area contributed by atoms with E-state index in [-0.39, 0.29) is 42.8 Å². The Hall–Kier alpha value is -2.90. The number of carbonyl (C=O) groups is 1. The molecule has 3 aliphatic rings. The molecule has 5 rings (SSSR count). The lowest BCUT2D eigenvalue weighted by Crippen LogP contribution is -2.61. The van der Waals surface area contributed by atoms with Crippen molar-refractivity contribution in [3.05, 3.63) is 36.2 Å². The first kappa shape index (κ1) is 58.0. The number of aromatic nitrogens is 3. The van der Waals surface area contributed by atoms with Crippen LogP contribution in [0.2, 0.25) is 0 Å². The summed E-state index contributed by atoms with van der Waals surface area (Å²) in [5.41, 5.74) is -4.01. The number of esters is 1. The van der Waals surface area contributed by atoms with E-state index in [0.29, 0.717) is 37.5 Å². The molecular weight excluding hydrogens is 931 g/mol. The number of ether oxygens (including phenoxy) is 7. The zero-order chi connectivity index (χ0) is 52.3. The Kier molecular flexibility index (Phi) is 19.5. The molecule has 1 aromatic carbocycles. The van der Waals surface area contributed by atoms with Crippen molar-refractivity contribution < 1.29 is 71.9 Å². The van der Waals surface area contributed by atoms with Crippen LogP contribution in [-0.4, -0.2) is 196 Å². The van der Waals surface area contributed by atoms with Gasteiger partial charge in [-0.1, -0.05) is 26.0 Å². The number of sulfone groups is 1. The minimum Gasteiger partial charge on any atom is -0.487 e. The van der Waals surface area contributed by atoms with Gasteiger partial charge in [0.1, 0.15) is 48.1 Å². The summed E-state index contributed by atoms with van der Waals surface area (Å²) in [4.78, 5) is 18.6. The molecule has 0 bridgehead atoms. The lowest BCUT2D eigenvalue weighted by Gasteiger charge is -2.49. The van der Waals surface area contributed by atoms with Crippen molar-refractivity contribution in [1.29, 1.82) is 0 Å². The average Bonchev–Trinajstić information content (AvgIpc) is 3.76. The molecule has 4 heterocycles. The van der Waals surface area contributed by atoms with Crippen molar-refractivity contribution in [3.8, 4) is 5.75 Å². The molecule has 70 heavy (non-hydrogen) atoms. The van der Waals surface area contributed by atoms with E-state index >= 15 is 0 Å². The fourth-order valence-corrected chi connectivity index (χ4v) is 11.2. The summed E-state index contributed by atoms with van der Waals surface area (Å²) in [6.07, 6.45) is -6.43. The Morgan fingerprint density at radius 2 is 1.61 bits per heavy atom. The molecule has 21 heteroatoms. The number of carbonyl (C=O) groups excluding carboxylic acids is 1. The van der Waals surface area contributed by atoms with Gasteiger partial charge in [-0.15, -0.1) is 5.10 Å². The molecule has 2 aromatic rings. The van der Waals surface area contributed by atoms with E-state index in [4.69, 9.17) is 33.2 Å². The SMILES string of the molecule is CC[C@H]1OC(=O)[C@H](C)[C@@H](O[C@H]2C[C@@](C)(OC)[C@@H](O)[C@H](C)O2)[C@H](C)[C@@H](O[C@@H]2O[C@H](C)C[C@H](N(C)CCn3cc(COc4ccc(S(C)(=O)=O)cc4)nn3)[C@H]2O)[C@](C)(O)C[C@@H](C)CN(C)[C@H](C)[C@@H](O)[C@]1(C)O. The van der Waals surface area contributed by atoms with Crippen LogP contribution in [-0.2, 0) is 56.2 Å². The van der Waals surface area contributed by atoms with Gasteiger partial charge in [0.25, 0.3) is 0 Å². The van der Waals surface area contributed by atoms with Crippen LogP contribution in [0, 0.1) is 17.8 Å². The fourth-order valence-electron chi connectivity index (χ4n) is 10.5. The van der Waals surface area contributed by atoms with Gasteiger partial charge < -0.3 is 63.6 Å². The number of hydrogen-bond donors (Lipinski definition) is 5. The first-order valence-corrected chi connectivity index (χ1v) is 26.5. The second-order valence-electron chi connectivity index (χ2n) is 21.2. The van der Waals surface area contributed by atoms with Gasteiger partial charge in [0.15, 0.2) is 22.4 Å². The molecule has 18 atom stereocenters. The molecule has 0 aliphatic carbocycles. The van der Waals surface area contributed by atoms with Crippen LogP contribution >= 0.6 is 0 Å². The number of methoxy groups -OCH3 is 1. The summed E-state index contributed by atoms with van der Waals surface area (Å²) in [6, 6.07) is 5.08. The largest absolute Gasteiger partial charge is 0.487 e. The molecule has 0 radical (unpaired) electrons. The highest BCUT2D eigenvalue weighted by Crippen LogP contribution is 2.40. The Bertz CT molecular complexity index is 2100. The van der Waals surface area contributed by atoms with Gasteiger partial charge in [0.2, 0.25) is 0 Å². The second kappa shape index (κ2) is 23.5. The minimum atomic E-state index is -3.34. The summed E-state index contributed by atoms with van der Waals surface area (Å²) < 4.78 is 69.3. The Balaban J connectivity index is 1.42. The number of nitrogens with zero attached hydrogens (tertiary/aromatic N) is 5. The predicted octanol–water partition coefficient (Wildman–Crippen LogP) is 2.55. The summed E-state index contributed by atoms with van der Waals surface area (Å²) in [5.74, 6) is -2.36. The molecule has 0 saturated carbocycles. The number of aliphatic hydroxyl groups excluding tert-OH is 3. The van der Waals surface area contributed by atoms with E-state index < -0.39 is 112 Å². The number of hydrogen-bond acceptors (Lipinski definition) is 19. The third kappa shape index (κ3) is 13.8. The molecule has 3 fully saturated rings. The quantitative estimate of drug-likeness (QED) is 0.171. The highest BCUT2D eigenvalue weighted by atomic mass is 32.2. The van der Waals surface area contributed by atoms with Gasteiger partial charge >= 0.3 is 5.97 Å². The molecule has 5 N–H and O–H groups in total. The third-order valence-electron chi connectivity index (χ3n) is 15.0. The Morgan fingerprint density at radius 3 is 2.23 bits per heavy atom. The van der Waals surface area contributed by atoms with E-state index in [0.717, 1.165) is 6.26 Å². The molecule has 0 unspecified atom stereocenters. The molecule has 1 aromatic heterocycles. The number of likely N-dealkylation sites (N-methyl/N-ethyl adjacent to an activating group) is 2. The highest BCUT2D eigenvalue weighted by molar-refractivity contribution is 7.90. The first-order chi connectivity index (χ1) is 32.5. The van der Waals surface area contributed by atoms with Crippen LogP contribution < -0.4 is 4.74 Å². The number of aliphatic hydroxyl groups is 5. The van der Waals surface area contributed by atoms with Gasteiger partial charge in [-0.2, -0.15) is 0 Å². The molecular formula is C49H83N5O15S. The van der Waals surface area contributed by atoms with Crippen molar-refractivity contribution in [2.24, 2.45) is 17.8 Å². The van der Waals surface area contributed by atoms with Crippen molar-refractivity contribution in [1.82, 2.24) is 24.8 Å². The molecule has 0 amide bonds. The zero-order valence-electron chi connectivity index (χ0n) is 43.7.